The average Bonchev–Trinajstić information content (AvgIpc) is 2.88. The van der Waals surface area contributed by atoms with Crippen LogP contribution in [0, 0.1) is 24.6 Å². The van der Waals surface area contributed by atoms with Gasteiger partial charge in [0.25, 0.3) is 0 Å². The molecular weight excluding hydrogens is 531 g/mol. The van der Waals surface area contributed by atoms with Gasteiger partial charge in [-0.1, -0.05) is 24.0 Å². The number of anilines is 3. The average molecular weight is 559 g/mol. The summed E-state index contributed by atoms with van der Waals surface area (Å²) < 4.78 is 68.4. The molecule has 0 amide bonds. The zero-order chi connectivity index (χ0) is 27.3. The van der Waals surface area contributed by atoms with Crippen LogP contribution in [0.5, 0.6) is 0 Å². The molecule has 10 nitrogen and oxygen atoms in total. The van der Waals surface area contributed by atoms with E-state index in [2.05, 4.69) is 37.2 Å². The lowest BCUT2D eigenvalue weighted by Crippen LogP contribution is -2.28. The molecule has 4 bridgehead atoms. The fraction of sp³-hybridized carbons (Fsp3) is 0.280. The molecule has 2 aromatic carbocycles. The van der Waals surface area contributed by atoms with Crippen LogP contribution in [0.2, 0.25) is 0 Å². The van der Waals surface area contributed by atoms with E-state index in [0.717, 1.165) is 10.4 Å². The number of rotatable bonds is 4. The van der Waals surface area contributed by atoms with Crippen molar-refractivity contribution in [2.45, 2.75) is 29.6 Å². The number of nitrogens with one attached hydrogen (secondary N) is 3. The molecule has 0 saturated carbocycles. The van der Waals surface area contributed by atoms with Crippen LogP contribution in [0.1, 0.15) is 24.0 Å². The highest BCUT2D eigenvalue weighted by atomic mass is 32.2. The van der Waals surface area contributed by atoms with Gasteiger partial charge in [-0.25, -0.2) is 30.9 Å². The van der Waals surface area contributed by atoms with Crippen molar-refractivity contribution in [2.24, 2.45) is 0 Å². The third kappa shape index (κ3) is 6.46. The largest absolute Gasteiger partial charge is 0.369 e. The maximum Gasteiger partial charge on any atom is 0.245 e. The second-order valence-electron chi connectivity index (χ2n) is 8.60. The number of benzene rings is 2. The summed E-state index contributed by atoms with van der Waals surface area (Å²) in [4.78, 5) is 8.53. The molecule has 4 rings (SSSR count). The van der Waals surface area contributed by atoms with Crippen LogP contribution in [-0.2, 0) is 20.0 Å². The standard InChI is InChI=1S/C25H27FN6O4S2/c1-18-10-11-22(26)23(15-18)38(35,36)32(2)14-4-3-7-19-17-28-25-30-20-8-5-9-21(16-20)37(33,34)29-13-6-12-27-24(19)31-25/h5,8-11,15-17,29H,4,6,12-14H2,1-2H3,(H2,27,28,30,31). The van der Waals surface area contributed by atoms with Crippen LogP contribution in [0.15, 0.2) is 58.5 Å². The van der Waals surface area contributed by atoms with Crippen molar-refractivity contribution in [3.63, 3.8) is 0 Å². The van der Waals surface area contributed by atoms with Crippen LogP contribution in [0.3, 0.4) is 0 Å². The Morgan fingerprint density at radius 2 is 1.97 bits per heavy atom. The first-order chi connectivity index (χ1) is 18.1. The number of fused-ring (bicyclic) bond motifs is 4. The predicted molar refractivity (Wildman–Crippen MR) is 142 cm³/mol. The number of hydrogen-bond donors (Lipinski definition) is 3. The molecular formula is C25H27FN6O4S2. The fourth-order valence-corrected chi connectivity index (χ4v) is 6.03. The lowest BCUT2D eigenvalue weighted by atomic mass is 10.2. The Balaban J connectivity index is 1.50. The number of aromatic nitrogens is 2. The molecule has 1 aliphatic rings. The number of sulfonamides is 2. The topological polar surface area (TPSA) is 133 Å². The predicted octanol–water partition coefficient (Wildman–Crippen LogP) is 2.82. The summed E-state index contributed by atoms with van der Waals surface area (Å²) >= 11 is 0. The molecule has 200 valence electrons. The van der Waals surface area contributed by atoms with Gasteiger partial charge < -0.3 is 10.6 Å². The quantitative estimate of drug-likeness (QED) is 0.417. The van der Waals surface area contributed by atoms with E-state index in [0.29, 0.717) is 35.6 Å². The van der Waals surface area contributed by atoms with Gasteiger partial charge in [0.2, 0.25) is 26.0 Å². The summed E-state index contributed by atoms with van der Waals surface area (Å²) in [6.07, 6.45) is 2.22. The molecule has 0 unspecified atom stereocenters. The van der Waals surface area contributed by atoms with Gasteiger partial charge in [0, 0.05) is 38.8 Å². The van der Waals surface area contributed by atoms with Gasteiger partial charge in [-0.05, 0) is 49.2 Å². The van der Waals surface area contributed by atoms with Gasteiger partial charge in [-0.3, -0.25) is 0 Å². The molecule has 1 aromatic heterocycles. The Hall–Kier alpha value is -3.57. The van der Waals surface area contributed by atoms with Gasteiger partial charge in [-0.15, -0.1) is 0 Å². The molecule has 38 heavy (non-hydrogen) atoms. The van der Waals surface area contributed by atoms with Gasteiger partial charge in [0.05, 0.1) is 16.7 Å². The molecule has 0 spiro atoms. The molecule has 0 saturated heterocycles. The maximum absolute atomic E-state index is 14.1. The Bertz CT molecular complexity index is 1620. The van der Waals surface area contributed by atoms with Crippen LogP contribution >= 0.6 is 0 Å². The number of aryl methyl sites for hydroxylation is 1. The van der Waals surface area contributed by atoms with Crippen molar-refractivity contribution in [3.05, 3.63) is 65.6 Å². The molecule has 0 aliphatic carbocycles. The second kappa shape index (κ2) is 11.4. The lowest BCUT2D eigenvalue weighted by molar-refractivity contribution is 0.469. The van der Waals surface area contributed by atoms with E-state index >= 15 is 0 Å². The van der Waals surface area contributed by atoms with Crippen molar-refractivity contribution in [1.29, 1.82) is 0 Å². The van der Waals surface area contributed by atoms with Crippen molar-refractivity contribution in [3.8, 4) is 11.8 Å². The monoisotopic (exact) mass is 558 g/mol. The van der Waals surface area contributed by atoms with E-state index in [-0.39, 0.29) is 35.2 Å². The minimum Gasteiger partial charge on any atom is -0.369 e. The van der Waals surface area contributed by atoms with E-state index in [4.69, 9.17) is 0 Å². The van der Waals surface area contributed by atoms with Crippen LogP contribution in [0.4, 0.5) is 21.8 Å². The summed E-state index contributed by atoms with van der Waals surface area (Å²) in [7, 11) is -6.27. The zero-order valence-electron chi connectivity index (χ0n) is 20.8. The molecule has 2 heterocycles. The third-order valence-electron chi connectivity index (χ3n) is 5.68. The highest BCUT2D eigenvalue weighted by molar-refractivity contribution is 7.89. The van der Waals surface area contributed by atoms with Crippen molar-refractivity contribution in [1.82, 2.24) is 19.0 Å². The van der Waals surface area contributed by atoms with E-state index in [9.17, 15) is 21.2 Å². The summed E-state index contributed by atoms with van der Waals surface area (Å²) in [5, 5.41) is 6.16. The summed E-state index contributed by atoms with van der Waals surface area (Å²) in [5.74, 6) is 5.80. The Labute approximate surface area is 221 Å². The first-order valence-corrected chi connectivity index (χ1v) is 14.7. The zero-order valence-corrected chi connectivity index (χ0v) is 22.5. The van der Waals surface area contributed by atoms with Gasteiger partial charge in [0.1, 0.15) is 16.5 Å². The maximum atomic E-state index is 14.1. The lowest BCUT2D eigenvalue weighted by Gasteiger charge is -2.16. The first kappa shape index (κ1) is 27.5. The summed E-state index contributed by atoms with van der Waals surface area (Å²) in [6, 6.07) is 10.3. The number of nitrogens with zero attached hydrogens (tertiary/aromatic N) is 3. The second-order valence-corrected chi connectivity index (χ2v) is 12.4. The van der Waals surface area contributed by atoms with E-state index in [1.807, 2.05) is 0 Å². The highest BCUT2D eigenvalue weighted by Crippen LogP contribution is 2.22. The summed E-state index contributed by atoms with van der Waals surface area (Å²) in [5.41, 5.74) is 1.64. The SMILES string of the molecule is Cc1ccc(F)c(S(=O)(=O)N(C)CCC#Cc2cnc3nc2NCCCNS(=O)(=O)c2cccc(c2)N3)c1. The molecule has 0 fully saturated rings. The molecule has 1 aliphatic heterocycles. The van der Waals surface area contributed by atoms with Crippen molar-refractivity contribution in [2.75, 3.05) is 37.3 Å². The Morgan fingerprint density at radius 3 is 2.79 bits per heavy atom. The van der Waals surface area contributed by atoms with Gasteiger partial charge in [0.15, 0.2) is 0 Å². The molecule has 0 radical (unpaired) electrons. The van der Waals surface area contributed by atoms with E-state index < -0.39 is 25.9 Å². The minimum absolute atomic E-state index is 0.0580. The van der Waals surface area contributed by atoms with E-state index in [1.165, 1.54) is 37.5 Å². The highest BCUT2D eigenvalue weighted by Gasteiger charge is 2.24. The smallest absolute Gasteiger partial charge is 0.245 e. The summed E-state index contributed by atoms with van der Waals surface area (Å²) in [6.45, 7) is 2.41. The molecule has 13 heteroatoms. The Morgan fingerprint density at radius 1 is 1.16 bits per heavy atom. The van der Waals surface area contributed by atoms with Crippen molar-refractivity contribution >= 4 is 37.5 Å². The Kier molecular flexibility index (Phi) is 8.27. The van der Waals surface area contributed by atoms with Crippen LogP contribution in [-0.4, -0.2) is 57.8 Å². The van der Waals surface area contributed by atoms with E-state index in [1.54, 1.807) is 19.1 Å². The van der Waals surface area contributed by atoms with Gasteiger partial charge >= 0.3 is 0 Å². The van der Waals surface area contributed by atoms with Crippen molar-refractivity contribution < 1.29 is 21.2 Å². The molecule has 3 N–H and O–H groups in total. The molecule has 3 aromatic rings. The van der Waals surface area contributed by atoms with Crippen LogP contribution in [0.25, 0.3) is 0 Å². The number of halogens is 1. The molecule has 0 atom stereocenters. The fourth-order valence-electron chi connectivity index (χ4n) is 3.59. The first-order valence-electron chi connectivity index (χ1n) is 11.8. The normalized spacial score (nSPS) is 15.1. The van der Waals surface area contributed by atoms with Gasteiger partial charge in [-0.2, -0.15) is 9.29 Å². The minimum atomic E-state index is -4.01. The number of hydrogen-bond acceptors (Lipinski definition) is 8. The third-order valence-corrected chi connectivity index (χ3v) is 9.01. The van der Waals surface area contributed by atoms with Crippen LogP contribution < -0.4 is 15.4 Å².